The number of amides is 1. The Balaban J connectivity index is 1.82. The number of benzene rings is 2. The maximum atomic E-state index is 14.9. The van der Waals surface area contributed by atoms with Crippen molar-refractivity contribution in [2.75, 3.05) is 0 Å². The van der Waals surface area contributed by atoms with Gasteiger partial charge in [-0.05, 0) is 24.3 Å². The summed E-state index contributed by atoms with van der Waals surface area (Å²) < 4.78 is 22.0. The fourth-order valence-corrected chi connectivity index (χ4v) is 2.86. The number of nitrogens with zero attached hydrogens (tertiary/aromatic N) is 3. The molecule has 3 rings (SSSR count). The SMILES string of the molecule is Cn1cncc1C(=O)NCc1ccc(Cl)c(Oc2cc(Cl)cc(C#N)c2)c1F. The maximum absolute atomic E-state index is 14.9. The number of carbonyl (C=O) groups is 1. The van der Waals surface area contributed by atoms with Crippen molar-refractivity contribution < 1.29 is 13.9 Å². The molecule has 0 aliphatic heterocycles. The molecule has 0 radical (unpaired) electrons. The lowest BCUT2D eigenvalue weighted by molar-refractivity contribution is 0.0942. The van der Waals surface area contributed by atoms with Gasteiger partial charge >= 0.3 is 0 Å². The number of aryl methyl sites for hydroxylation is 1. The summed E-state index contributed by atoms with van der Waals surface area (Å²) in [5.41, 5.74) is 0.782. The Hall–Kier alpha value is -3.08. The Labute approximate surface area is 170 Å². The fraction of sp³-hybridized carbons (Fsp3) is 0.105. The van der Waals surface area contributed by atoms with Crippen molar-refractivity contribution in [3.8, 4) is 17.6 Å². The standard InChI is InChI=1S/C19H13Cl2FN4O2/c1-26-10-24-9-16(26)19(27)25-8-12-2-3-15(21)18(17(12)22)28-14-5-11(7-23)4-13(20)6-14/h2-6,9-10H,8H2,1H3,(H,25,27). The van der Waals surface area contributed by atoms with Gasteiger partial charge in [0.15, 0.2) is 11.6 Å². The Morgan fingerprint density at radius 2 is 2.14 bits per heavy atom. The van der Waals surface area contributed by atoms with Crippen molar-refractivity contribution in [2.45, 2.75) is 6.54 Å². The molecule has 2 aromatic carbocycles. The van der Waals surface area contributed by atoms with Gasteiger partial charge in [-0.25, -0.2) is 9.37 Å². The van der Waals surface area contributed by atoms with E-state index in [1.165, 1.54) is 42.9 Å². The smallest absolute Gasteiger partial charge is 0.269 e. The third kappa shape index (κ3) is 4.25. The predicted molar refractivity (Wildman–Crippen MR) is 102 cm³/mol. The second kappa shape index (κ2) is 8.30. The van der Waals surface area contributed by atoms with E-state index in [0.717, 1.165) is 0 Å². The van der Waals surface area contributed by atoms with Crippen molar-refractivity contribution in [1.29, 1.82) is 5.26 Å². The van der Waals surface area contributed by atoms with E-state index in [9.17, 15) is 9.18 Å². The lowest BCUT2D eigenvalue weighted by Crippen LogP contribution is -2.25. The third-order valence-electron chi connectivity index (χ3n) is 3.84. The van der Waals surface area contributed by atoms with Crippen LogP contribution in [0, 0.1) is 17.1 Å². The maximum Gasteiger partial charge on any atom is 0.269 e. The van der Waals surface area contributed by atoms with Gasteiger partial charge in [-0.1, -0.05) is 29.3 Å². The summed E-state index contributed by atoms with van der Waals surface area (Å²) in [5.74, 6) is -1.18. The van der Waals surface area contributed by atoms with Crippen molar-refractivity contribution >= 4 is 29.1 Å². The molecule has 142 valence electrons. The van der Waals surface area contributed by atoms with Crippen LogP contribution in [-0.4, -0.2) is 15.5 Å². The number of nitrogens with one attached hydrogen (secondary N) is 1. The highest BCUT2D eigenvalue weighted by Crippen LogP contribution is 2.35. The van der Waals surface area contributed by atoms with Crippen LogP contribution < -0.4 is 10.1 Å². The molecule has 1 N–H and O–H groups in total. The second-order valence-corrected chi connectivity index (χ2v) is 6.66. The summed E-state index contributed by atoms with van der Waals surface area (Å²) in [5, 5.41) is 11.9. The topological polar surface area (TPSA) is 79.9 Å². The Morgan fingerprint density at radius 1 is 1.36 bits per heavy atom. The average molecular weight is 419 g/mol. The van der Waals surface area contributed by atoms with E-state index in [-0.39, 0.29) is 39.2 Å². The quantitative estimate of drug-likeness (QED) is 0.662. The summed E-state index contributed by atoms with van der Waals surface area (Å²) in [4.78, 5) is 16.0. The van der Waals surface area contributed by atoms with Crippen molar-refractivity contribution in [2.24, 2.45) is 7.05 Å². The zero-order chi connectivity index (χ0) is 20.3. The number of carbonyl (C=O) groups excluding carboxylic acids is 1. The molecule has 0 fully saturated rings. The lowest BCUT2D eigenvalue weighted by Gasteiger charge is -2.13. The summed E-state index contributed by atoms with van der Waals surface area (Å²) in [7, 11) is 1.68. The third-order valence-corrected chi connectivity index (χ3v) is 4.35. The molecule has 0 saturated carbocycles. The summed E-state index contributed by atoms with van der Waals surface area (Å²) in [6.45, 7) is -0.0810. The molecule has 1 amide bonds. The van der Waals surface area contributed by atoms with E-state index in [4.69, 9.17) is 33.2 Å². The molecule has 1 heterocycles. The fourth-order valence-electron chi connectivity index (χ4n) is 2.45. The highest BCUT2D eigenvalue weighted by molar-refractivity contribution is 6.32. The molecular formula is C19H13Cl2FN4O2. The van der Waals surface area contributed by atoms with Crippen LogP contribution in [0.3, 0.4) is 0 Å². The van der Waals surface area contributed by atoms with Crippen LogP contribution in [0.15, 0.2) is 42.9 Å². The molecule has 3 aromatic rings. The highest BCUT2D eigenvalue weighted by Gasteiger charge is 2.17. The number of hydrogen-bond acceptors (Lipinski definition) is 4. The molecule has 0 bridgehead atoms. The summed E-state index contributed by atoms with van der Waals surface area (Å²) in [6, 6.07) is 9.16. The number of hydrogen-bond donors (Lipinski definition) is 1. The minimum Gasteiger partial charge on any atom is -0.453 e. The molecule has 0 aliphatic rings. The molecule has 0 atom stereocenters. The average Bonchev–Trinajstić information content (AvgIpc) is 3.09. The Morgan fingerprint density at radius 3 is 2.82 bits per heavy atom. The van der Waals surface area contributed by atoms with Gasteiger partial charge < -0.3 is 14.6 Å². The molecule has 0 aliphatic carbocycles. The first kappa shape index (κ1) is 19.7. The van der Waals surface area contributed by atoms with Crippen molar-refractivity contribution in [1.82, 2.24) is 14.9 Å². The van der Waals surface area contributed by atoms with Crippen LogP contribution in [0.1, 0.15) is 21.6 Å². The van der Waals surface area contributed by atoms with E-state index in [1.807, 2.05) is 6.07 Å². The van der Waals surface area contributed by atoms with Gasteiger partial charge in [0.2, 0.25) is 0 Å². The number of aromatic nitrogens is 2. The first-order chi connectivity index (χ1) is 13.4. The molecular weight excluding hydrogens is 406 g/mol. The molecule has 6 nitrogen and oxygen atoms in total. The zero-order valence-electron chi connectivity index (χ0n) is 14.5. The van der Waals surface area contributed by atoms with Gasteiger partial charge in [0, 0.05) is 24.2 Å². The molecule has 1 aromatic heterocycles. The van der Waals surface area contributed by atoms with Crippen LogP contribution >= 0.6 is 23.2 Å². The van der Waals surface area contributed by atoms with Crippen LogP contribution in [0.25, 0.3) is 0 Å². The van der Waals surface area contributed by atoms with E-state index in [2.05, 4.69) is 10.3 Å². The highest BCUT2D eigenvalue weighted by atomic mass is 35.5. The summed E-state index contributed by atoms with van der Waals surface area (Å²) >= 11 is 12.0. The van der Waals surface area contributed by atoms with Gasteiger partial charge in [0.05, 0.1) is 29.2 Å². The predicted octanol–water partition coefficient (Wildman–Crippen LogP) is 4.46. The molecule has 0 spiro atoms. The van der Waals surface area contributed by atoms with Crippen molar-refractivity contribution in [3.63, 3.8) is 0 Å². The molecule has 9 heteroatoms. The molecule has 0 saturated heterocycles. The Kier molecular flexibility index (Phi) is 5.83. The number of ether oxygens (including phenoxy) is 1. The van der Waals surface area contributed by atoms with Crippen LogP contribution in [0.4, 0.5) is 4.39 Å². The minimum atomic E-state index is -0.726. The van der Waals surface area contributed by atoms with Gasteiger partial charge in [0.1, 0.15) is 11.4 Å². The normalized spacial score (nSPS) is 10.4. The first-order valence-corrected chi connectivity index (χ1v) is 8.74. The first-order valence-electron chi connectivity index (χ1n) is 7.99. The van der Waals surface area contributed by atoms with Crippen LogP contribution in [-0.2, 0) is 13.6 Å². The number of rotatable bonds is 5. The Bertz CT molecular complexity index is 1090. The van der Waals surface area contributed by atoms with E-state index in [1.54, 1.807) is 11.6 Å². The van der Waals surface area contributed by atoms with Gasteiger partial charge in [-0.2, -0.15) is 5.26 Å². The van der Waals surface area contributed by atoms with E-state index >= 15 is 0 Å². The van der Waals surface area contributed by atoms with Crippen LogP contribution in [0.5, 0.6) is 11.5 Å². The van der Waals surface area contributed by atoms with Crippen molar-refractivity contribution in [3.05, 3.63) is 75.5 Å². The monoisotopic (exact) mass is 418 g/mol. The second-order valence-electron chi connectivity index (χ2n) is 5.81. The van der Waals surface area contributed by atoms with Gasteiger partial charge in [0.25, 0.3) is 5.91 Å². The van der Waals surface area contributed by atoms with Gasteiger partial charge in [-0.3, -0.25) is 4.79 Å². The zero-order valence-corrected chi connectivity index (χ0v) is 16.1. The lowest BCUT2D eigenvalue weighted by atomic mass is 10.2. The number of halogens is 3. The molecule has 28 heavy (non-hydrogen) atoms. The van der Waals surface area contributed by atoms with Gasteiger partial charge in [-0.15, -0.1) is 0 Å². The number of nitriles is 1. The molecule has 0 unspecified atom stereocenters. The summed E-state index contributed by atoms with van der Waals surface area (Å²) in [6.07, 6.45) is 2.90. The largest absolute Gasteiger partial charge is 0.453 e. The van der Waals surface area contributed by atoms with E-state index < -0.39 is 11.7 Å². The van der Waals surface area contributed by atoms with E-state index in [0.29, 0.717) is 5.69 Å². The minimum absolute atomic E-state index is 0.0395. The van der Waals surface area contributed by atoms with Crippen LogP contribution in [0.2, 0.25) is 10.0 Å². The number of imidazole rings is 1.